The van der Waals surface area contributed by atoms with E-state index in [4.69, 9.17) is 10.5 Å². The maximum absolute atomic E-state index is 12.7. The molecule has 1 aromatic heterocycles. The minimum absolute atomic E-state index is 0.0402. The van der Waals surface area contributed by atoms with Crippen molar-refractivity contribution in [2.24, 2.45) is 5.73 Å². The van der Waals surface area contributed by atoms with Crippen molar-refractivity contribution in [2.45, 2.75) is 13.0 Å². The van der Waals surface area contributed by atoms with Gasteiger partial charge in [0.2, 0.25) is 5.91 Å². The summed E-state index contributed by atoms with van der Waals surface area (Å²) in [6.45, 7) is 0.553. The first-order valence-corrected chi connectivity index (χ1v) is 10.1. The van der Waals surface area contributed by atoms with Crippen LogP contribution in [0.4, 0.5) is 5.69 Å². The normalized spacial score (nSPS) is 10.3. The lowest BCUT2D eigenvalue weighted by Gasteiger charge is -2.12. The van der Waals surface area contributed by atoms with E-state index in [2.05, 4.69) is 10.6 Å². The van der Waals surface area contributed by atoms with Gasteiger partial charge in [0.15, 0.2) is 0 Å². The standard InChI is InChI=1S/C22H21N3O4S/c23-20(26)10-11-24-22(28)18-8-1-2-9-19(18)25-21(27)15-5-3-6-16(13-15)29-14-17-7-4-12-30-17/h1-9,12-13H,10-11,14H2,(H2,23,26)(H,24,28)(H,25,27). The van der Waals surface area contributed by atoms with E-state index in [1.54, 1.807) is 59.9 Å². The molecule has 0 aliphatic heterocycles. The first-order valence-electron chi connectivity index (χ1n) is 9.25. The van der Waals surface area contributed by atoms with Crippen LogP contribution < -0.4 is 21.1 Å². The molecule has 0 radical (unpaired) electrons. The number of amides is 3. The van der Waals surface area contributed by atoms with Crippen LogP contribution in [0.25, 0.3) is 0 Å². The van der Waals surface area contributed by atoms with E-state index in [-0.39, 0.29) is 18.9 Å². The zero-order valence-electron chi connectivity index (χ0n) is 16.1. The monoisotopic (exact) mass is 423 g/mol. The smallest absolute Gasteiger partial charge is 0.255 e. The van der Waals surface area contributed by atoms with Gasteiger partial charge in [0.25, 0.3) is 11.8 Å². The number of carbonyl (C=O) groups excluding carboxylic acids is 3. The van der Waals surface area contributed by atoms with E-state index >= 15 is 0 Å². The van der Waals surface area contributed by atoms with Crippen LogP contribution in [0.5, 0.6) is 5.75 Å². The van der Waals surface area contributed by atoms with Crippen molar-refractivity contribution in [2.75, 3.05) is 11.9 Å². The SMILES string of the molecule is NC(=O)CCNC(=O)c1ccccc1NC(=O)c1cccc(OCc2cccs2)c1. The summed E-state index contributed by atoms with van der Waals surface area (Å²) in [5.41, 5.74) is 6.14. The second-order valence-electron chi connectivity index (χ2n) is 6.37. The topological polar surface area (TPSA) is 111 Å². The largest absolute Gasteiger partial charge is 0.488 e. The van der Waals surface area contributed by atoms with Crippen LogP contribution >= 0.6 is 11.3 Å². The molecule has 0 aliphatic rings. The van der Waals surface area contributed by atoms with Crippen molar-refractivity contribution >= 4 is 34.7 Å². The van der Waals surface area contributed by atoms with Crippen molar-refractivity contribution in [1.82, 2.24) is 5.32 Å². The van der Waals surface area contributed by atoms with E-state index in [0.29, 0.717) is 29.2 Å². The summed E-state index contributed by atoms with van der Waals surface area (Å²) in [7, 11) is 0. The summed E-state index contributed by atoms with van der Waals surface area (Å²) in [5.74, 6) is -0.694. The van der Waals surface area contributed by atoms with Crippen LogP contribution in [-0.2, 0) is 11.4 Å². The molecule has 0 spiro atoms. The highest BCUT2D eigenvalue weighted by atomic mass is 32.1. The number of nitrogens with two attached hydrogens (primary N) is 1. The van der Waals surface area contributed by atoms with Crippen LogP contribution in [0.2, 0.25) is 0 Å². The molecule has 1 heterocycles. The van der Waals surface area contributed by atoms with Crippen LogP contribution in [-0.4, -0.2) is 24.3 Å². The van der Waals surface area contributed by atoms with Crippen LogP contribution in [0.3, 0.4) is 0 Å². The highest BCUT2D eigenvalue weighted by Crippen LogP contribution is 2.20. The Balaban J connectivity index is 1.66. The predicted octanol–water partition coefficient (Wildman–Crippen LogP) is 3.18. The lowest BCUT2D eigenvalue weighted by atomic mass is 10.1. The van der Waals surface area contributed by atoms with Crippen LogP contribution in [0.1, 0.15) is 32.0 Å². The molecule has 0 bridgehead atoms. The number of benzene rings is 2. The maximum Gasteiger partial charge on any atom is 0.255 e. The van der Waals surface area contributed by atoms with Gasteiger partial charge in [-0.05, 0) is 41.8 Å². The van der Waals surface area contributed by atoms with Gasteiger partial charge >= 0.3 is 0 Å². The molecule has 3 rings (SSSR count). The van der Waals surface area contributed by atoms with Crippen molar-refractivity contribution < 1.29 is 19.1 Å². The molecule has 154 valence electrons. The molecule has 0 atom stereocenters. The van der Waals surface area contributed by atoms with E-state index in [9.17, 15) is 14.4 Å². The Labute approximate surface area is 177 Å². The number of carbonyl (C=O) groups is 3. The summed E-state index contributed by atoms with van der Waals surface area (Å²) in [5, 5.41) is 7.35. The number of ether oxygens (including phenoxy) is 1. The molecule has 0 saturated heterocycles. The Morgan fingerprint density at radius 3 is 2.57 bits per heavy atom. The number of para-hydroxylation sites is 1. The summed E-state index contributed by atoms with van der Waals surface area (Å²) < 4.78 is 5.75. The molecule has 7 nitrogen and oxygen atoms in total. The number of rotatable bonds is 9. The van der Waals surface area contributed by atoms with Crippen LogP contribution in [0.15, 0.2) is 66.0 Å². The molecule has 8 heteroatoms. The number of nitrogens with one attached hydrogen (secondary N) is 2. The number of anilines is 1. The summed E-state index contributed by atoms with van der Waals surface area (Å²) in [6.07, 6.45) is 0.0402. The zero-order valence-corrected chi connectivity index (χ0v) is 16.9. The van der Waals surface area contributed by atoms with Crippen molar-refractivity contribution in [1.29, 1.82) is 0 Å². The average Bonchev–Trinajstić information content (AvgIpc) is 3.26. The summed E-state index contributed by atoms with van der Waals surface area (Å²) in [6, 6.07) is 17.4. The fourth-order valence-corrected chi connectivity index (χ4v) is 3.27. The van der Waals surface area contributed by atoms with Crippen molar-refractivity contribution in [3.63, 3.8) is 0 Å². The minimum Gasteiger partial charge on any atom is -0.488 e. The fourth-order valence-electron chi connectivity index (χ4n) is 2.66. The minimum atomic E-state index is -0.502. The maximum atomic E-state index is 12.7. The number of thiophene rings is 1. The van der Waals surface area contributed by atoms with E-state index < -0.39 is 11.8 Å². The van der Waals surface area contributed by atoms with Crippen LogP contribution in [0, 0.1) is 0 Å². The third-order valence-corrected chi connectivity index (χ3v) is 4.98. The Bertz CT molecular complexity index is 1030. The lowest BCUT2D eigenvalue weighted by molar-refractivity contribution is -0.117. The number of primary amides is 1. The molecule has 0 aliphatic carbocycles. The molecule has 0 fully saturated rings. The second-order valence-corrected chi connectivity index (χ2v) is 7.40. The van der Waals surface area contributed by atoms with Gasteiger partial charge in [0.05, 0.1) is 11.3 Å². The van der Waals surface area contributed by atoms with Gasteiger partial charge in [-0.25, -0.2) is 0 Å². The molecule has 3 amide bonds. The van der Waals surface area contributed by atoms with Gasteiger partial charge in [-0.2, -0.15) is 0 Å². The van der Waals surface area contributed by atoms with Gasteiger partial charge in [0, 0.05) is 23.4 Å². The third-order valence-electron chi connectivity index (χ3n) is 4.13. The number of hydrogen-bond donors (Lipinski definition) is 3. The quantitative estimate of drug-likeness (QED) is 0.491. The second kappa shape index (κ2) is 10.2. The van der Waals surface area contributed by atoms with E-state index in [1.165, 1.54) is 0 Å². The molecule has 4 N–H and O–H groups in total. The predicted molar refractivity (Wildman–Crippen MR) is 116 cm³/mol. The van der Waals surface area contributed by atoms with Gasteiger partial charge in [0.1, 0.15) is 12.4 Å². The van der Waals surface area contributed by atoms with Gasteiger partial charge in [-0.3, -0.25) is 14.4 Å². The Hall–Kier alpha value is -3.65. The van der Waals surface area contributed by atoms with E-state index in [1.807, 2.05) is 17.5 Å². The summed E-state index contributed by atoms with van der Waals surface area (Å²) in [4.78, 5) is 37.0. The Morgan fingerprint density at radius 2 is 1.80 bits per heavy atom. The first kappa shape index (κ1) is 21.1. The average molecular weight is 423 g/mol. The lowest BCUT2D eigenvalue weighted by Crippen LogP contribution is -2.28. The van der Waals surface area contributed by atoms with Gasteiger partial charge in [-0.1, -0.05) is 24.3 Å². The van der Waals surface area contributed by atoms with Crippen molar-refractivity contribution in [3.05, 3.63) is 82.0 Å². The highest BCUT2D eigenvalue weighted by molar-refractivity contribution is 7.09. The Morgan fingerprint density at radius 1 is 0.967 bits per heavy atom. The van der Waals surface area contributed by atoms with Crippen molar-refractivity contribution in [3.8, 4) is 5.75 Å². The number of hydrogen-bond acceptors (Lipinski definition) is 5. The van der Waals surface area contributed by atoms with Gasteiger partial charge in [-0.15, -0.1) is 11.3 Å². The molecule has 3 aromatic rings. The third kappa shape index (κ3) is 5.92. The first-order chi connectivity index (χ1) is 14.5. The molecule has 0 saturated carbocycles. The van der Waals surface area contributed by atoms with Gasteiger partial charge < -0.3 is 21.1 Å². The zero-order chi connectivity index (χ0) is 21.3. The molecular weight excluding hydrogens is 402 g/mol. The Kier molecular flexibility index (Phi) is 7.18. The molecule has 30 heavy (non-hydrogen) atoms. The molecular formula is C22H21N3O4S. The summed E-state index contributed by atoms with van der Waals surface area (Å²) >= 11 is 1.60. The molecule has 0 unspecified atom stereocenters. The fraction of sp³-hybridized carbons (Fsp3) is 0.136. The highest BCUT2D eigenvalue weighted by Gasteiger charge is 2.14. The van der Waals surface area contributed by atoms with E-state index in [0.717, 1.165) is 4.88 Å². The molecule has 2 aromatic carbocycles.